The lowest BCUT2D eigenvalue weighted by Gasteiger charge is -2.04. The van der Waals surface area contributed by atoms with Gasteiger partial charge in [-0.15, -0.1) is 12.4 Å². The molecule has 21 heavy (non-hydrogen) atoms. The van der Waals surface area contributed by atoms with Crippen LogP contribution >= 0.6 is 12.4 Å². The lowest BCUT2D eigenvalue weighted by molar-refractivity contribution is 0.0563. The second-order valence-electron chi connectivity index (χ2n) is 5.05. The van der Waals surface area contributed by atoms with Gasteiger partial charge in [0.25, 0.3) is 0 Å². The maximum atomic E-state index is 12.5. The van der Waals surface area contributed by atoms with Crippen molar-refractivity contribution in [3.05, 3.63) is 29.3 Å². The Morgan fingerprint density at radius 2 is 1.71 bits per heavy atom. The van der Waals surface area contributed by atoms with Gasteiger partial charge in [0, 0.05) is 24.3 Å². The van der Waals surface area contributed by atoms with E-state index in [9.17, 15) is 8.78 Å². The third kappa shape index (κ3) is 3.93. The van der Waals surface area contributed by atoms with Gasteiger partial charge < -0.3 is 5.32 Å². The number of hydrogen-bond donors (Lipinski definition) is 1. The second-order valence-corrected chi connectivity index (χ2v) is 5.05. The van der Waals surface area contributed by atoms with Crippen LogP contribution in [0.5, 0.6) is 0 Å². The van der Waals surface area contributed by atoms with E-state index in [0.717, 1.165) is 11.3 Å². The maximum absolute atomic E-state index is 12.5. The van der Waals surface area contributed by atoms with E-state index in [0.29, 0.717) is 28.6 Å². The number of alkyl halides is 2. The molecule has 0 spiro atoms. The fourth-order valence-electron chi connectivity index (χ4n) is 1.90. The number of rotatable bonds is 5. The van der Waals surface area contributed by atoms with Crippen molar-refractivity contribution in [1.82, 2.24) is 19.6 Å². The fraction of sp³-hybridized carbons (Fsp3) is 0.538. The zero-order valence-corrected chi connectivity index (χ0v) is 13.3. The zero-order chi connectivity index (χ0) is 14.9. The van der Waals surface area contributed by atoms with E-state index < -0.39 is 6.55 Å². The van der Waals surface area contributed by atoms with Gasteiger partial charge in [-0.25, -0.2) is 4.68 Å². The van der Waals surface area contributed by atoms with Crippen LogP contribution in [0.3, 0.4) is 0 Å². The van der Waals surface area contributed by atoms with Crippen molar-refractivity contribution in [3.8, 4) is 0 Å². The molecule has 0 radical (unpaired) electrons. The van der Waals surface area contributed by atoms with E-state index in [2.05, 4.69) is 29.4 Å². The summed E-state index contributed by atoms with van der Waals surface area (Å²) >= 11 is 0. The highest BCUT2D eigenvalue weighted by atomic mass is 35.5. The van der Waals surface area contributed by atoms with Crippen LogP contribution in [0.15, 0.2) is 12.4 Å². The van der Waals surface area contributed by atoms with Crippen LogP contribution in [0, 0.1) is 13.8 Å². The lowest BCUT2D eigenvalue weighted by atomic mass is 10.2. The molecule has 0 amide bonds. The molecule has 2 aromatic rings. The van der Waals surface area contributed by atoms with Gasteiger partial charge in [-0.2, -0.15) is 19.0 Å². The quantitative estimate of drug-likeness (QED) is 0.914. The highest BCUT2D eigenvalue weighted by Crippen LogP contribution is 2.19. The second kappa shape index (κ2) is 6.89. The highest BCUT2D eigenvalue weighted by Gasteiger charge is 2.12. The number of aryl methyl sites for hydroxylation is 2. The van der Waals surface area contributed by atoms with E-state index in [4.69, 9.17) is 0 Å². The first-order valence-electron chi connectivity index (χ1n) is 6.51. The third-order valence-electron chi connectivity index (χ3n) is 3.13. The summed E-state index contributed by atoms with van der Waals surface area (Å²) in [5, 5.41) is 11.3. The van der Waals surface area contributed by atoms with Gasteiger partial charge in [0.05, 0.1) is 23.3 Å². The standard InChI is InChI=1S/C13H19F2N5.ClH/c1-8(2)19-6-11(9(3)17-19)5-16-12-7-20(13(14)15)18-10(12)4;/h6-8,13,16H,5H2,1-4H3;1H. The monoisotopic (exact) mass is 319 g/mol. The molecule has 0 aromatic carbocycles. The number of hydrogen-bond acceptors (Lipinski definition) is 3. The number of halogens is 3. The van der Waals surface area contributed by atoms with Crippen molar-refractivity contribution < 1.29 is 8.78 Å². The van der Waals surface area contributed by atoms with Crippen LogP contribution in [-0.4, -0.2) is 19.6 Å². The van der Waals surface area contributed by atoms with E-state index in [1.165, 1.54) is 6.20 Å². The summed E-state index contributed by atoms with van der Waals surface area (Å²) < 4.78 is 27.6. The Hall–Kier alpha value is -1.63. The van der Waals surface area contributed by atoms with Gasteiger partial charge in [-0.3, -0.25) is 4.68 Å². The molecule has 0 saturated carbocycles. The smallest absolute Gasteiger partial charge is 0.333 e. The Morgan fingerprint density at radius 1 is 1.10 bits per heavy atom. The Morgan fingerprint density at radius 3 is 2.19 bits per heavy atom. The van der Waals surface area contributed by atoms with Crippen molar-refractivity contribution in [2.45, 2.75) is 46.8 Å². The van der Waals surface area contributed by atoms with Crippen LogP contribution < -0.4 is 5.32 Å². The van der Waals surface area contributed by atoms with Crippen molar-refractivity contribution in [2.24, 2.45) is 0 Å². The number of aromatic nitrogens is 4. The van der Waals surface area contributed by atoms with Crippen LogP contribution in [0.2, 0.25) is 0 Å². The minimum Gasteiger partial charge on any atom is -0.378 e. The van der Waals surface area contributed by atoms with Gasteiger partial charge in [0.1, 0.15) is 0 Å². The highest BCUT2D eigenvalue weighted by molar-refractivity contribution is 5.85. The Kier molecular flexibility index (Phi) is 5.71. The first kappa shape index (κ1) is 17.4. The summed E-state index contributed by atoms with van der Waals surface area (Å²) in [6.45, 7) is 5.67. The van der Waals surface area contributed by atoms with E-state index in [1.54, 1.807) is 6.92 Å². The molecular weight excluding hydrogens is 300 g/mol. The van der Waals surface area contributed by atoms with Crippen LogP contribution in [0.4, 0.5) is 14.5 Å². The van der Waals surface area contributed by atoms with E-state index in [-0.39, 0.29) is 12.4 Å². The molecule has 1 N–H and O–H groups in total. The Balaban J connectivity index is 0.00000220. The molecule has 2 aromatic heterocycles. The van der Waals surface area contributed by atoms with Gasteiger partial charge in [0.15, 0.2) is 0 Å². The van der Waals surface area contributed by atoms with E-state index in [1.807, 2.05) is 17.8 Å². The predicted octanol–water partition coefficient (Wildman–Crippen LogP) is 3.71. The minimum atomic E-state index is -2.62. The molecule has 0 aliphatic heterocycles. The first-order valence-corrected chi connectivity index (χ1v) is 6.51. The van der Waals surface area contributed by atoms with Gasteiger partial charge in [0.2, 0.25) is 0 Å². The molecule has 0 atom stereocenters. The predicted molar refractivity (Wildman–Crippen MR) is 80.1 cm³/mol. The molecular formula is C13H20ClF2N5. The fourth-order valence-corrected chi connectivity index (χ4v) is 1.90. The molecule has 2 heterocycles. The maximum Gasteiger partial charge on any atom is 0.333 e. The summed E-state index contributed by atoms with van der Waals surface area (Å²) in [7, 11) is 0. The van der Waals surface area contributed by atoms with Crippen LogP contribution in [0.1, 0.15) is 43.4 Å². The van der Waals surface area contributed by atoms with Gasteiger partial charge in [-0.1, -0.05) is 0 Å². The summed E-state index contributed by atoms with van der Waals surface area (Å²) in [6, 6.07) is 0.297. The molecule has 5 nitrogen and oxygen atoms in total. The van der Waals surface area contributed by atoms with Crippen molar-refractivity contribution in [1.29, 1.82) is 0 Å². The molecule has 0 bridgehead atoms. The SMILES string of the molecule is Cc1nn(C(C)C)cc1CNc1cn(C(F)F)nc1C.Cl. The van der Waals surface area contributed by atoms with Crippen LogP contribution in [-0.2, 0) is 6.54 Å². The zero-order valence-electron chi connectivity index (χ0n) is 12.5. The molecule has 0 fully saturated rings. The lowest BCUT2D eigenvalue weighted by Crippen LogP contribution is -2.01. The summed E-state index contributed by atoms with van der Waals surface area (Å²) in [5.41, 5.74) is 3.15. The molecule has 8 heteroatoms. The van der Waals surface area contributed by atoms with Gasteiger partial charge in [-0.05, 0) is 27.7 Å². The minimum absolute atomic E-state index is 0. The molecule has 2 rings (SSSR count). The Labute approximate surface area is 128 Å². The summed E-state index contributed by atoms with van der Waals surface area (Å²) in [5.74, 6) is 0. The molecule has 0 aliphatic rings. The largest absolute Gasteiger partial charge is 0.378 e. The summed E-state index contributed by atoms with van der Waals surface area (Å²) in [6.07, 6.45) is 3.29. The van der Waals surface area contributed by atoms with Crippen molar-refractivity contribution >= 4 is 18.1 Å². The van der Waals surface area contributed by atoms with Crippen molar-refractivity contribution in [2.75, 3.05) is 5.32 Å². The van der Waals surface area contributed by atoms with Crippen LogP contribution in [0.25, 0.3) is 0 Å². The first-order chi connectivity index (χ1) is 9.38. The molecule has 0 unspecified atom stereocenters. The van der Waals surface area contributed by atoms with Gasteiger partial charge >= 0.3 is 6.55 Å². The van der Waals surface area contributed by atoms with E-state index >= 15 is 0 Å². The summed E-state index contributed by atoms with van der Waals surface area (Å²) in [4.78, 5) is 0. The average molecular weight is 320 g/mol. The average Bonchev–Trinajstić information content (AvgIpc) is 2.91. The number of anilines is 1. The third-order valence-corrected chi connectivity index (χ3v) is 3.13. The number of nitrogens with zero attached hydrogens (tertiary/aromatic N) is 4. The molecule has 118 valence electrons. The van der Waals surface area contributed by atoms with Crippen molar-refractivity contribution in [3.63, 3.8) is 0 Å². The molecule has 0 aliphatic carbocycles. The number of nitrogens with one attached hydrogen (secondary N) is 1. The molecule has 0 saturated heterocycles. The Bertz CT molecular complexity index is 539. The normalized spacial score (nSPS) is 11.0. The topological polar surface area (TPSA) is 47.7 Å².